The molecule has 0 radical (unpaired) electrons. The molecule has 50 heavy (non-hydrogen) atoms. The van der Waals surface area contributed by atoms with Crippen molar-refractivity contribution in [3.8, 4) is 50.5 Å². The number of hydrogen-bond acceptors (Lipinski definition) is 1. The Bertz CT molecular complexity index is 2830. The normalized spacial score (nSPS) is 11.6. The van der Waals surface area contributed by atoms with Gasteiger partial charge in [-0.1, -0.05) is 133 Å². The van der Waals surface area contributed by atoms with Gasteiger partial charge in [0.05, 0.1) is 22.4 Å². The molecule has 0 aliphatic carbocycles. The molecule has 3 heteroatoms. The van der Waals surface area contributed by atoms with Crippen molar-refractivity contribution in [3.05, 3.63) is 182 Å². The second kappa shape index (κ2) is 11.5. The Balaban J connectivity index is 1.09. The van der Waals surface area contributed by atoms with Crippen molar-refractivity contribution >= 4 is 43.6 Å². The van der Waals surface area contributed by atoms with Crippen LogP contribution < -0.4 is 0 Å². The van der Waals surface area contributed by atoms with E-state index in [1.165, 1.54) is 43.7 Å². The summed E-state index contributed by atoms with van der Waals surface area (Å²) in [6, 6.07) is 65.0. The number of H-pyrrole nitrogens is 1. The maximum absolute atomic E-state index is 5.16. The number of rotatable bonds is 5. The quantitative estimate of drug-likeness (QED) is 0.200. The van der Waals surface area contributed by atoms with Crippen molar-refractivity contribution in [1.29, 1.82) is 0 Å². The van der Waals surface area contributed by atoms with Gasteiger partial charge >= 0.3 is 0 Å². The summed E-state index contributed by atoms with van der Waals surface area (Å²) in [5.41, 5.74) is 14.6. The van der Waals surface area contributed by atoms with E-state index in [-0.39, 0.29) is 0 Å². The van der Waals surface area contributed by atoms with Crippen LogP contribution in [0.1, 0.15) is 0 Å². The first-order valence-electron chi connectivity index (χ1n) is 17.0. The smallest absolute Gasteiger partial charge is 0.0715 e. The number of hydrogen-bond donors (Lipinski definition) is 1. The summed E-state index contributed by atoms with van der Waals surface area (Å²) in [6.45, 7) is 0. The molecular formula is C47H31N3. The van der Waals surface area contributed by atoms with Crippen LogP contribution in [0, 0.1) is 0 Å². The minimum atomic E-state index is 0.954. The van der Waals surface area contributed by atoms with E-state index in [9.17, 15) is 0 Å². The maximum atomic E-state index is 5.16. The van der Waals surface area contributed by atoms with Gasteiger partial charge in [-0.3, -0.25) is 0 Å². The molecule has 0 amide bonds. The summed E-state index contributed by atoms with van der Waals surface area (Å²) in [4.78, 5) is 8.82. The first-order chi connectivity index (χ1) is 24.8. The van der Waals surface area contributed by atoms with E-state index in [0.717, 1.165) is 50.4 Å². The fraction of sp³-hybridized carbons (Fsp3) is 0. The Labute approximate surface area is 289 Å². The zero-order valence-electron chi connectivity index (χ0n) is 27.2. The van der Waals surface area contributed by atoms with E-state index in [4.69, 9.17) is 4.98 Å². The third-order valence-electron chi connectivity index (χ3n) is 9.94. The van der Waals surface area contributed by atoms with Crippen molar-refractivity contribution in [2.75, 3.05) is 0 Å². The van der Waals surface area contributed by atoms with Crippen LogP contribution in [0.4, 0.5) is 0 Å². The molecule has 0 bridgehead atoms. The highest BCUT2D eigenvalue weighted by atomic mass is 15.0. The number of pyridine rings is 1. The van der Waals surface area contributed by atoms with E-state index in [1.807, 2.05) is 6.07 Å². The number of aromatic nitrogens is 3. The molecule has 3 nitrogen and oxygen atoms in total. The van der Waals surface area contributed by atoms with Gasteiger partial charge in [0.15, 0.2) is 0 Å². The lowest BCUT2D eigenvalue weighted by Crippen LogP contribution is -1.94. The zero-order valence-corrected chi connectivity index (χ0v) is 27.2. The Morgan fingerprint density at radius 1 is 0.340 bits per heavy atom. The van der Waals surface area contributed by atoms with Crippen LogP contribution >= 0.6 is 0 Å². The molecule has 0 unspecified atom stereocenters. The van der Waals surface area contributed by atoms with Gasteiger partial charge in [0.25, 0.3) is 0 Å². The topological polar surface area (TPSA) is 33.6 Å². The Morgan fingerprint density at radius 3 is 1.62 bits per heavy atom. The summed E-state index contributed by atoms with van der Waals surface area (Å²) < 4.78 is 2.39. The van der Waals surface area contributed by atoms with Gasteiger partial charge in [0.1, 0.15) is 0 Å². The third-order valence-corrected chi connectivity index (χ3v) is 9.94. The minimum Gasteiger partial charge on any atom is -0.354 e. The average molecular weight is 638 g/mol. The summed E-state index contributed by atoms with van der Waals surface area (Å²) >= 11 is 0. The number of fused-ring (bicyclic) bond motifs is 6. The number of nitrogens with one attached hydrogen (secondary N) is 1. The monoisotopic (exact) mass is 637 g/mol. The molecule has 10 aromatic rings. The molecule has 10 rings (SSSR count). The molecule has 3 aromatic heterocycles. The summed E-state index contributed by atoms with van der Waals surface area (Å²) in [6.07, 6.45) is 0. The van der Waals surface area contributed by atoms with Crippen LogP contribution in [0.15, 0.2) is 182 Å². The standard InChI is InChI=1S/C47H31N3/c1-3-11-31(12-4-1)32-19-21-35(22-20-32)44-28-36(27-43(49-44)34-13-5-2-6-14-34)33-23-25-37(26-24-33)50-46-18-10-8-16-39(46)41-29-40-38-15-7-9-17-42(38)48-45(40)30-47(41)50/h1-30,48H. The number of benzene rings is 7. The number of para-hydroxylation sites is 2. The molecule has 0 saturated heterocycles. The fourth-order valence-electron chi connectivity index (χ4n) is 7.46. The number of nitrogens with zero attached hydrogens (tertiary/aromatic N) is 2. The predicted molar refractivity (Wildman–Crippen MR) is 210 cm³/mol. The highest BCUT2D eigenvalue weighted by Crippen LogP contribution is 2.38. The number of aromatic amines is 1. The van der Waals surface area contributed by atoms with E-state index in [1.54, 1.807) is 0 Å². The molecular weight excluding hydrogens is 607 g/mol. The van der Waals surface area contributed by atoms with E-state index < -0.39 is 0 Å². The Hall–Kier alpha value is -6.71. The molecule has 0 atom stereocenters. The molecule has 3 heterocycles. The van der Waals surface area contributed by atoms with E-state index in [0.29, 0.717) is 0 Å². The van der Waals surface area contributed by atoms with Gasteiger partial charge in [-0.25, -0.2) is 4.98 Å². The van der Waals surface area contributed by atoms with Gasteiger partial charge in [-0.05, 0) is 70.8 Å². The maximum Gasteiger partial charge on any atom is 0.0715 e. The van der Waals surface area contributed by atoms with Crippen LogP contribution in [-0.2, 0) is 0 Å². The van der Waals surface area contributed by atoms with Crippen molar-refractivity contribution in [1.82, 2.24) is 14.5 Å². The van der Waals surface area contributed by atoms with Crippen LogP contribution in [0.25, 0.3) is 94.1 Å². The molecule has 0 aliphatic rings. The highest BCUT2D eigenvalue weighted by molar-refractivity contribution is 6.18. The average Bonchev–Trinajstić information content (AvgIpc) is 3.72. The lowest BCUT2D eigenvalue weighted by Gasteiger charge is -2.12. The lowest BCUT2D eigenvalue weighted by atomic mass is 9.98. The second-order valence-electron chi connectivity index (χ2n) is 12.9. The van der Waals surface area contributed by atoms with Gasteiger partial charge in [-0.15, -0.1) is 0 Å². The Kier molecular flexibility index (Phi) is 6.49. The van der Waals surface area contributed by atoms with Crippen LogP contribution in [0.5, 0.6) is 0 Å². The SMILES string of the molecule is c1ccc(-c2ccc(-c3cc(-c4ccc(-n5c6ccccc6c6cc7c(cc65)[nH]c5ccccc57)cc4)cc(-c4ccccc4)n3)cc2)cc1. The molecule has 0 saturated carbocycles. The van der Waals surface area contributed by atoms with Gasteiger partial charge in [0.2, 0.25) is 0 Å². The van der Waals surface area contributed by atoms with E-state index in [2.05, 4.69) is 185 Å². The minimum absolute atomic E-state index is 0.954. The van der Waals surface area contributed by atoms with Crippen molar-refractivity contribution < 1.29 is 0 Å². The predicted octanol–water partition coefficient (Wildman–Crippen LogP) is 12.5. The second-order valence-corrected chi connectivity index (χ2v) is 12.9. The van der Waals surface area contributed by atoms with Crippen LogP contribution in [0.2, 0.25) is 0 Å². The lowest BCUT2D eigenvalue weighted by molar-refractivity contribution is 1.18. The van der Waals surface area contributed by atoms with Crippen LogP contribution in [0.3, 0.4) is 0 Å². The summed E-state index contributed by atoms with van der Waals surface area (Å²) in [7, 11) is 0. The molecule has 0 fully saturated rings. The third kappa shape index (κ3) is 4.71. The molecule has 0 spiro atoms. The first-order valence-corrected chi connectivity index (χ1v) is 17.0. The summed E-state index contributed by atoms with van der Waals surface area (Å²) in [5, 5.41) is 5.02. The van der Waals surface area contributed by atoms with Gasteiger partial charge in [0, 0.05) is 49.4 Å². The molecule has 234 valence electrons. The van der Waals surface area contributed by atoms with Crippen molar-refractivity contribution in [2.45, 2.75) is 0 Å². The molecule has 1 N–H and O–H groups in total. The Morgan fingerprint density at radius 2 is 0.880 bits per heavy atom. The molecule has 0 aliphatic heterocycles. The largest absolute Gasteiger partial charge is 0.354 e. The van der Waals surface area contributed by atoms with Gasteiger partial charge < -0.3 is 9.55 Å². The zero-order chi connectivity index (χ0) is 33.0. The van der Waals surface area contributed by atoms with Crippen LogP contribution in [-0.4, -0.2) is 14.5 Å². The fourth-order valence-corrected chi connectivity index (χ4v) is 7.46. The van der Waals surface area contributed by atoms with Crippen molar-refractivity contribution in [3.63, 3.8) is 0 Å². The van der Waals surface area contributed by atoms with Crippen molar-refractivity contribution in [2.24, 2.45) is 0 Å². The first kappa shape index (κ1) is 28.3. The van der Waals surface area contributed by atoms with Gasteiger partial charge in [-0.2, -0.15) is 0 Å². The summed E-state index contributed by atoms with van der Waals surface area (Å²) in [5.74, 6) is 0. The highest BCUT2D eigenvalue weighted by Gasteiger charge is 2.16. The molecule has 7 aromatic carbocycles. The van der Waals surface area contributed by atoms with E-state index >= 15 is 0 Å².